The molecule has 2 aliphatic rings. The van der Waals surface area contributed by atoms with Gasteiger partial charge in [0.1, 0.15) is 17.7 Å². The minimum absolute atomic E-state index is 0.0329. The number of hydrogen-bond donors (Lipinski definition) is 0. The highest BCUT2D eigenvalue weighted by Gasteiger charge is 2.26. The number of fused-ring (bicyclic) bond motifs is 1. The number of esters is 1. The fourth-order valence-corrected chi connectivity index (χ4v) is 5.37. The number of carbonyl (C=O) groups is 1. The highest BCUT2D eigenvalue weighted by atomic mass is 79.9. The van der Waals surface area contributed by atoms with Crippen LogP contribution in [0.1, 0.15) is 52.7 Å². The molecule has 176 valence electrons. The predicted molar refractivity (Wildman–Crippen MR) is 128 cm³/mol. The van der Waals surface area contributed by atoms with Crippen LogP contribution in [-0.2, 0) is 11.2 Å². The van der Waals surface area contributed by atoms with Crippen molar-refractivity contribution in [3.63, 3.8) is 0 Å². The number of allylic oxidation sites excluding steroid dienone is 1. The molecular formula is C26H28BrF2NO3. The molecule has 2 aromatic carbocycles. The van der Waals surface area contributed by atoms with E-state index >= 15 is 4.39 Å². The Kier molecular flexibility index (Phi) is 7.81. The lowest BCUT2D eigenvalue weighted by molar-refractivity contribution is 0.0595. The van der Waals surface area contributed by atoms with Crippen LogP contribution >= 0.6 is 15.9 Å². The quantitative estimate of drug-likeness (QED) is 0.426. The normalized spacial score (nSPS) is 18.7. The summed E-state index contributed by atoms with van der Waals surface area (Å²) in [5.74, 6) is -0.382. The molecule has 1 saturated heterocycles. The van der Waals surface area contributed by atoms with Crippen molar-refractivity contribution >= 4 is 27.5 Å². The van der Waals surface area contributed by atoms with Gasteiger partial charge in [0.05, 0.1) is 19.3 Å². The zero-order chi connectivity index (χ0) is 23.4. The number of likely N-dealkylation sites (tertiary alicyclic amines) is 1. The number of methoxy groups -OCH3 is 1. The van der Waals surface area contributed by atoms with Crippen LogP contribution in [0.25, 0.3) is 5.57 Å². The van der Waals surface area contributed by atoms with Gasteiger partial charge in [-0.1, -0.05) is 34.1 Å². The molecule has 1 atom stereocenters. The predicted octanol–water partition coefficient (Wildman–Crippen LogP) is 5.92. The lowest BCUT2D eigenvalue weighted by Crippen LogP contribution is -2.26. The molecule has 0 spiro atoms. The molecule has 1 aliphatic carbocycles. The minimum atomic E-state index is -0.666. The summed E-state index contributed by atoms with van der Waals surface area (Å²) in [5, 5.41) is 0. The van der Waals surface area contributed by atoms with E-state index in [4.69, 9.17) is 9.47 Å². The first-order valence-corrected chi connectivity index (χ1v) is 12.1. The number of nitrogens with zero attached hydrogens (tertiary/aromatic N) is 1. The third-order valence-electron chi connectivity index (χ3n) is 6.30. The van der Waals surface area contributed by atoms with Gasteiger partial charge < -0.3 is 9.47 Å². The smallest absolute Gasteiger partial charge is 0.340 e. The van der Waals surface area contributed by atoms with Gasteiger partial charge in [-0.15, -0.1) is 0 Å². The minimum Gasteiger partial charge on any atom is -0.489 e. The summed E-state index contributed by atoms with van der Waals surface area (Å²) in [6, 6.07) is 11.2. The number of halogens is 3. The first-order chi connectivity index (χ1) is 16.0. The number of ether oxygens (including phenoxy) is 2. The lowest BCUT2D eigenvalue weighted by Gasteiger charge is -2.18. The van der Waals surface area contributed by atoms with Crippen LogP contribution in [0.2, 0.25) is 0 Å². The Morgan fingerprint density at radius 1 is 1.18 bits per heavy atom. The van der Waals surface area contributed by atoms with Gasteiger partial charge in [0.15, 0.2) is 0 Å². The van der Waals surface area contributed by atoms with Gasteiger partial charge in [0, 0.05) is 24.1 Å². The van der Waals surface area contributed by atoms with Crippen molar-refractivity contribution in [1.82, 2.24) is 4.90 Å². The van der Waals surface area contributed by atoms with Gasteiger partial charge in [0.25, 0.3) is 0 Å². The first-order valence-electron chi connectivity index (χ1n) is 11.4. The van der Waals surface area contributed by atoms with Gasteiger partial charge in [-0.2, -0.15) is 0 Å². The Balaban J connectivity index is 1.55. The SMILES string of the molecule is COC(=O)c1ccc2c(c1F)CCCC(Br)=C2c1ccc(O[C@H]2CCN(CCCF)C2)cc1. The molecule has 33 heavy (non-hydrogen) atoms. The third-order valence-corrected chi connectivity index (χ3v) is 7.09. The highest BCUT2D eigenvalue weighted by molar-refractivity contribution is 9.11. The second-order valence-corrected chi connectivity index (χ2v) is 9.43. The van der Waals surface area contributed by atoms with Crippen LogP contribution in [0.4, 0.5) is 8.78 Å². The maximum absolute atomic E-state index is 15.2. The van der Waals surface area contributed by atoms with E-state index in [-0.39, 0.29) is 18.3 Å². The fraction of sp³-hybridized carbons (Fsp3) is 0.423. The van der Waals surface area contributed by atoms with Crippen LogP contribution in [0.3, 0.4) is 0 Å². The Morgan fingerprint density at radius 3 is 2.70 bits per heavy atom. The maximum Gasteiger partial charge on any atom is 0.340 e. The van der Waals surface area contributed by atoms with Crippen molar-refractivity contribution in [2.45, 2.75) is 38.2 Å². The van der Waals surface area contributed by atoms with E-state index in [1.165, 1.54) is 13.2 Å². The lowest BCUT2D eigenvalue weighted by atomic mass is 9.92. The molecule has 4 rings (SSSR count). The van der Waals surface area contributed by atoms with Crippen LogP contribution in [0, 0.1) is 5.82 Å². The van der Waals surface area contributed by atoms with Crippen molar-refractivity contribution < 1.29 is 23.0 Å². The average Bonchev–Trinajstić information content (AvgIpc) is 3.19. The molecule has 0 amide bonds. The van der Waals surface area contributed by atoms with E-state index in [1.807, 2.05) is 30.3 Å². The molecule has 0 N–H and O–H groups in total. The molecule has 0 radical (unpaired) electrons. The average molecular weight is 520 g/mol. The summed E-state index contributed by atoms with van der Waals surface area (Å²) in [5.41, 5.74) is 3.19. The molecule has 0 aromatic heterocycles. The Morgan fingerprint density at radius 2 is 1.97 bits per heavy atom. The summed E-state index contributed by atoms with van der Waals surface area (Å²) >= 11 is 3.72. The maximum atomic E-state index is 15.2. The van der Waals surface area contributed by atoms with Gasteiger partial charge >= 0.3 is 5.97 Å². The Labute approximate surface area is 201 Å². The summed E-state index contributed by atoms with van der Waals surface area (Å²) in [6.45, 7) is 2.23. The van der Waals surface area contributed by atoms with E-state index in [2.05, 4.69) is 20.8 Å². The summed E-state index contributed by atoms with van der Waals surface area (Å²) in [4.78, 5) is 14.2. The number of benzene rings is 2. The summed E-state index contributed by atoms with van der Waals surface area (Å²) in [6.07, 6.45) is 3.71. The molecule has 0 saturated carbocycles. The highest BCUT2D eigenvalue weighted by Crippen LogP contribution is 2.39. The first kappa shape index (κ1) is 23.9. The van der Waals surface area contributed by atoms with Gasteiger partial charge in [-0.25, -0.2) is 9.18 Å². The number of hydrogen-bond acceptors (Lipinski definition) is 4. The number of carbonyl (C=O) groups excluding carboxylic acids is 1. The fourth-order valence-electron chi connectivity index (χ4n) is 4.64. The summed E-state index contributed by atoms with van der Waals surface area (Å²) in [7, 11) is 1.26. The zero-order valence-corrected chi connectivity index (χ0v) is 20.3. The molecule has 4 nitrogen and oxygen atoms in total. The second kappa shape index (κ2) is 10.8. The van der Waals surface area contributed by atoms with Gasteiger partial charge in [-0.3, -0.25) is 9.29 Å². The van der Waals surface area contributed by atoms with Crippen molar-refractivity contribution in [1.29, 1.82) is 0 Å². The Bertz CT molecular complexity index is 1040. The van der Waals surface area contributed by atoms with Gasteiger partial charge in [0.2, 0.25) is 0 Å². The standard InChI is InChI=1S/C26H28BrF2NO3/c1-32-26(31)22-11-10-20-21(25(22)29)4-2-5-23(27)24(20)17-6-8-18(9-7-17)33-19-12-15-30(16-19)14-3-13-28/h6-11,19H,2-5,12-16H2,1H3/t19-/m0/s1. The van der Waals surface area contributed by atoms with Crippen LogP contribution < -0.4 is 4.74 Å². The largest absolute Gasteiger partial charge is 0.489 e. The van der Waals surface area contributed by atoms with E-state index in [0.717, 1.165) is 65.8 Å². The zero-order valence-electron chi connectivity index (χ0n) is 18.7. The van der Waals surface area contributed by atoms with Crippen molar-refractivity contribution in [2.75, 3.05) is 33.4 Å². The third kappa shape index (κ3) is 5.30. The molecule has 2 aromatic rings. The molecular weight excluding hydrogens is 492 g/mol. The van der Waals surface area contributed by atoms with E-state index in [1.54, 1.807) is 0 Å². The van der Waals surface area contributed by atoms with Crippen molar-refractivity contribution in [3.05, 3.63) is 69.0 Å². The molecule has 1 fully saturated rings. The van der Waals surface area contributed by atoms with E-state index in [9.17, 15) is 9.18 Å². The van der Waals surface area contributed by atoms with Crippen molar-refractivity contribution in [3.8, 4) is 5.75 Å². The molecule has 1 heterocycles. The summed E-state index contributed by atoms with van der Waals surface area (Å²) < 4.78 is 39.5. The Hall–Kier alpha value is -2.25. The molecule has 7 heteroatoms. The van der Waals surface area contributed by atoms with Crippen LogP contribution in [-0.4, -0.2) is 50.4 Å². The van der Waals surface area contributed by atoms with E-state index in [0.29, 0.717) is 18.4 Å². The monoisotopic (exact) mass is 519 g/mol. The van der Waals surface area contributed by atoms with E-state index < -0.39 is 11.8 Å². The number of rotatable bonds is 7. The second-order valence-electron chi connectivity index (χ2n) is 8.47. The topological polar surface area (TPSA) is 38.8 Å². The molecule has 0 bridgehead atoms. The van der Waals surface area contributed by atoms with Gasteiger partial charge in [-0.05, 0) is 72.6 Å². The molecule has 0 unspecified atom stereocenters. The van der Waals surface area contributed by atoms with Crippen molar-refractivity contribution in [2.24, 2.45) is 0 Å². The van der Waals surface area contributed by atoms with Crippen LogP contribution in [0.5, 0.6) is 5.75 Å². The van der Waals surface area contributed by atoms with Crippen LogP contribution in [0.15, 0.2) is 40.9 Å². The molecule has 1 aliphatic heterocycles. The number of alkyl halides is 1.